The number of hydrogen-bond acceptors (Lipinski definition) is 3. The molecule has 0 fully saturated rings. The molecule has 120 valence electrons. The summed E-state index contributed by atoms with van der Waals surface area (Å²) in [4.78, 5) is 13.3. The number of nitrogens with zero attached hydrogens (tertiary/aromatic N) is 3. The molecule has 2 aromatic rings. The van der Waals surface area contributed by atoms with E-state index in [4.69, 9.17) is 0 Å². The SMILES string of the molecule is CC.Cc1ccc(N(C)CC(C)n2ncc(C)c2C=O)cc1. The number of aromatic nitrogens is 2. The second-order valence-corrected chi connectivity index (χ2v) is 5.34. The number of aryl methyl sites for hydroxylation is 2. The normalized spacial score (nSPS) is 11.4. The van der Waals surface area contributed by atoms with Crippen LogP contribution in [0.25, 0.3) is 0 Å². The number of carbonyl (C=O) groups excluding carboxylic acids is 1. The van der Waals surface area contributed by atoms with Crippen molar-refractivity contribution in [3.05, 3.63) is 47.3 Å². The lowest BCUT2D eigenvalue weighted by Crippen LogP contribution is -2.27. The molecule has 1 unspecified atom stereocenters. The van der Waals surface area contributed by atoms with Gasteiger partial charge in [-0.05, 0) is 38.5 Å². The Morgan fingerprint density at radius 1 is 1.23 bits per heavy atom. The maximum Gasteiger partial charge on any atom is 0.168 e. The van der Waals surface area contributed by atoms with Gasteiger partial charge in [0.2, 0.25) is 0 Å². The van der Waals surface area contributed by atoms with Crippen LogP contribution >= 0.6 is 0 Å². The van der Waals surface area contributed by atoms with Crippen LogP contribution in [0.1, 0.15) is 48.4 Å². The minimum Gasteiger partial charge on any atom is -0.372 e. The average molecular weight is 301 g/mol. The number of benzene rings is 1. The molecule has 0 N–H and O–H groups in total. The zero-order chi connectivity index (χ0) is 16.7. The second kappa shape index (κ2) is 8.37. The molecule has 1 atom stereocenters. The van der Waals surface area contributed by atoms with Crippen LogP contribution in [0.5, 0.6) is 0 Å². The van der Waals surface area contributed by atoms with Crippen molar-refractivity contribution in [2.45, 2.75) is 40.7 Å². The molecular weight excluding hydrogens is 274 g/mol. The molecule has 1 aromatic carbocycles. The zero-order valence-corrected chi connectivity index (χ0v) is 14.5. The monoisotopic (exact) mass is 301 g/mol. The van der Waals surface area contributed by atoms with Gasteiger partial charge in [0.25, 0.3) is 0 Å². The van der Waals surface area contributed by atoms with E-state index < -0.39 is 0 Å². The first-order valence-electron chi connectivity index (χ1n) is 7.80. The van der Waals surface area contributed by atoms with Gasteiger partial charge in [-0.15, -0.1) is 0 Å². The average Bonchev–Trinajstić information content (AvgIpc) is 2.90. The molecule has 4 nitrogen and oxygen atoms in total. The summed E-state index contributed by atoms with van der Waals surface area (Å²) in [5, 5.41) is 4.31. The summed E-state index contributed by atoms with van der Waals surface area (Å²) in [6.07, 6.45) is 2.62. The van der Waals surface area contributed by atoms with Crippen LogP contribution in [0, 0.1) is 13.8 Å². The lowest BCUT2D eigenvalue weighted by atomic mass is 10.2. The molecule has 0 spiro atoms. The largest absolute Gasteiger partial charge is 0.372 e. The van der Waals surface area contributed by atoms with Gasteiger partial charge in [0.05, 0.1) is 12.2 Å². The van der Waals surface area contributed by atoms with Crippen LogP contribution in [0.15, 0.2) is 30.5 Å². The van der Waals surface area contributed by atoms with Crippen LogP contribution in [0.3, 0.4) is 0 Å². The summed E-state index contributed by atoms with van der Waals surface area (Å²) in [6, 6.07) is 8.56. The van der Waals surface area contributed by atoms with Gasteiger partial charge in [0.1, 0.15) is 5.69 Å². The summed E-state index contributed by atoms with van der Waals surface area (Å²) < 4.78 is 1.80. The Kier molecular flexibility index (Phi) is 6.83. The van der Waals surface area contributed by atoms with Gasteiger partial charge >= 0.3 is 0 Å². The van der Waals surface area contributed by atoms with E-state index in [9.17, 15) is 4.79 Å². The Morgan fingerprint density at radius 3 is 2.36 bits per heavy atom. The highest BCUT2D eigenvalue weighted by molar-refractivity contribution is 5.74. The molecule has 0 saturated carbocycles. The summed E-state index contributed by atoms with van der Waals surface area (Å²) in [5.74, 6) is 0. The van der Waals surface area contributed by atoms with Gasteiger partial charge < -0.3 is 4.90 Å². The summed E-state index contributed by atoms with van der Waals surface area (Å²) in [7, 11) is 2.05. The first-order chi connectivity index (χ1) is 10.5. The van der Waals surface area contributed by atoms with Crippen LogP contribution in [0.4, 0.5) is 5.69 Å². The van der Waals surface area contributed by atoms with Crippen LogP contribution < -0.4 is 4.90 Å². The van der Waals surface area contributed by atoms with E-state index in [1.807, 2.05) is 20.8 Å². The summed E-state index contributed by atoms with van der Waals surface area (Å²) in [6.45, 7) is 10.9. The van der Waals surface area contributed by atoms with Gasteiger partial charge in [-0.1, -0.05) is 31.5 Å². The molecular formula is C18H27N3O. The van der Waals surface area contributed by atoms with Gasteiger partial charge in [-0.2, -0.15) is 5.10 Å². The molecule has 0 aliphatic rings. The Morgan fingerprint density at radius 2 is 1.82 bits per heavy atom. The molecule has 0 radical (unpaired) electrons. The highest BCUT2D eigenvalue weighted by atomic mass is 16.1. The lowest BCUT2D eigenvalue weighted by molar-refractivity contribution is 0.111. The number of likely N-dealkylation sites (N-methyl/N-ethyl adjacent to an activating group) is 1. The molecule has 0 aliphatic heterocycles. The van der Waals surface area contributed by atoms with Crippen molar-refractivity contribution in [1.82, 2.24) is 9.78 Å². The van der Waals surface area contributed by atoms with Crippen molar-refractivity contribution < 1.29 is 4.79 Å². The first-order valence-corrected chi connectivity index (χ1v) is 7.80. The van der Waals surface area contributed by atoms with Crippen molar-refractivity contribution in [1.29, 1.82) is 0 Å². The van der Waals surface area contributed by atoms with Crippen LogP contribution in [0.2, 0.25) is 0 Å². The molecule has 1 aromatic heterocycles. The maximum atomic E-state index is 11.1. The number of aldehydes is 1. The number of hydrogen-bond donors (Lipinski definition) is 0. The van der Waals surface area contributed by atoms with Crippen LogP contribution in [-0.2, 0) is 0 Å². The molecule has 4 heteroatoms. The van der Waals surface area contributed by atoms with Crippen molar-refractivity contribution in [2.75, 3.05) is 18.5 Å². The third-order valence-electron chi connectivity index (χ3n) is 3.57. The topological polar surface area (TPSA) is 38.1 Å². The minimum atomic E-state index is 0.134. The predicted octanol–water partition coefficient (Wildman–Crippen LogP) is 4.04. The summed E-state index contributed by atoms with van der Waals surface area (Å²) >= 11 is 0. The van der Waals surface area contributed by atoms with E-state index in [0.717, 1.165) is 18.4 Å². The van der Waals surface area contributed by atoms with Gasteiger partial charge in [-0.25, -0.2) is 0 Å². The first kappa shape index (κ1) is 18.0. The number of rotatable bonds is 5. The fraction of sp³-hybridized carbons (Fsp3) is 0.444. The molecule has 1 heterocycles. The van der Waals surface area contributed by atoms with Gasteiger partial charge in [0.15, 0.2) is 6.29 Å². The highest BCUT2D eigenvalue weighted by Gasteiger charge is 2.14. The van der Waals surface area contributed by atoms with Crippen LogP contribution in [-0.4, -0.2) is 29.7 Å². The van der Waals surface area contributed by atoms with Crippen molar-refractivity contribution in [3.8, 4) is 0 Å². The van der Waals surface area contributed by atoms with Crippen molar-refractivity contribution >= 4 is 12.0 Å². The predicted molar refractivity (Wildman–Crippen MR) is 92.9 cm³/mol. The second-order valence-electron chi connectivity index (χ2n) is 5.34. The van der Waals surface area contributed by atoms with E-state index >= 15 is 0 Å². The summed E-state index contributed by atoms with van der Waals surface area (Å²) in [5.41, 5.74) is 4.00. The van der Waals surface area contributed by atoms with E-state index in [-0.39, 0.29) is 6.04 Å². The smallest absolute Gasteiger partial charge is 0.168 e. The molecule has 0 saturated heterocycles. The van der Waals surface area contributed by atoms with E-state index in [0.29, 0.717) is 5.69 Å². The van der Waals surface area contributed by atoms with E-state index in [1.54, 1.807) is 10.9 Å². The Hall–Kier alpha value is -2.10. The molecule has 0 amide bonds. The van der Waals surface area contributed by atoms with Gasteiger partial charge in [0, 0.05) is 19.3 Å². The lowest BCUT2D eigenvalue weighted by Gasteiger charge is -2.24. The minimum absolute atomic E-state index is 0.134. The third kappa shape index (κ3) is 4.20. The zero-order valence-electron chi connectivity index (χ0n) is 14.5. The Labute approximate surface area is 133 Å². The Balaban J connectivity index is 0.00000116. The van der Waals surface area contributed by atoms with Crippen molar-refractivity contribution in [2.24, 2.45) is 0 Å². The van der Waals surface area contributed by atoms with E-state index in [1.165, 1.54) is 11.3 Å². The molecule has 2 rings (SSSR count). The number of anilines is 1. The number of carbonyl (C=O) groups is 1. The quantitative estimate of drug-likeness (QED) is 0.782. The fourth-order valence-corrected chi connectivity index (χ4v) is 2.33. The van der Waals surface area contributed by atoms with Crippen molar-refractivity contribution in [3.63, 3.8) is 0 Å². The Bertz CT molecular complexity index is 587. The highest BCUT2D eigenvalue weighted by Crippen LogP contribution is 2.18. The molecule has 0 aliphatic carbocycles. The molecule has 22 heavy (non-hydrogen) atoms. The molecule has 0 bridgehead atoms. The maximum absolute atomic E-state index is 11.1. The third-order valence-corrected chi connectivity index (χ3v) is 3.57. The van der Waals surface area contributed by atoms with E-state index in [2.05, 4.69) is 55.2 Å². The fourth-order valence-electron chi connectivity index (χ4n) is 2.33. The van der Waals surface area contributed by atoms with Gasteiger partial charge in [-0.3, -0.25) is 9.48 Å². The standard InChI is InChI=1S/C16H21N3O.C2H6/c1-12-5-7-15(8-6-12)18(4)10-14(3)19-16(11-20)13(2)9-17-19;1-2/h5-9,11,14H,10H2,1-4H3;1-2H3.